The molecule has 0 aliphatic carbocycles. The summed E-state index contributed by atoms with van der Waals surface area (Å²) >= 11 is 4.05. The first-order chi connectivity index (χ1) is 8.52. The fourth-order valence-corrected chi connectivity index (χ4v) is 3.54. The highest BCUT2D eigenvalue weighted by molar-refractivity contribution is 14.1. The lowest BCUT2D eigenvalue weighted by Crippen LogP contribution is -2.17. The summed E-state index contributed by atoms with van der Waals surface area (Å²) in [5.41, 5.74) is 3.76. The first-order valence-electron chi connectivity index (χ1n) is 5.70. The van der Waals surface area contributed by atoms with Crippen molar-refractivity contribution in [3.05, 3.63) is 54.5 Å². The van der Waals surface area contributed by atoms with Crippen LogP contribution in [0.5, 0.6) is 0 Å². The molecule has 2 rings (SSSR count). The second-order valence-corrected chi connectivity index (χ2v) is 7.18. The van der Waals surface area contributed by atoms with Crippen LogP contribution in [0.4, 0.5) is 4.39 Å². The van der Waals surface area contributed by atoms with Crippen LogP contribution in [0.2, 0.25) is 0 Å². The topological polar surface area (TPSA) is 12.0 Å². The third-order valence-corrected chi connectivity index (χ3v) is 4.81. The highest BCUT2D eigenvalue weighted by Gasteiger charge is 2.15. The lowest BCUT2D eigenvalue weighted by atomic mass is 9.97. The van der Waals surface area contributed by atoms with E-state index in [4.69, 9.17) is 0 Å². The molecule has 1 aromatic carbocycles. The summed E-state index contributed by atoms with van der Waals surface area (Å²) in [6.45, 7) is 3.63. The third-order valence-electron chi connectivity index (χ3n) is 3.00. The number of benzene rings is 1. The zero-order valence-corrected chi connectivity index (χ0v) is 13.5. The Bertz CT molecular complexity index is 542. The Kier molecular flexibility index (Phi) is 4.40. The van der Waals surface area contributed by atoms with Gasteiger partial charge in [0.2, 0.25) is 0 Å². The Balaban J connectivity index is 2.45. The molecule has 0 radical (unpaired) electrons. The monoisotopic (exact) mass is 375 g/mol. The van der Waals surface area contributed by atoms with Gasteiger partial charge in [0.25, 0.3) is 0 Å². The van der Waals surface area contributed by atoms with Gasteiger partial charge >= 0.3 is 0 Å². The van der Waals surface area contributed by atoms with Gasteiger partial charge in [0.05, 0.1) is 8.93 Å². The van der Waals surface area contributed by atoms with Crippen molar-refractivity contribution in [2.45, 2.75) is 19.9 Å². The molecule has 1 heterocycles. The molecule has 0 fully saturated rings. The zero-order chi connectivity index (χ0) is 13.3. The van der Waals surface area contributed by atoms with Gasteiger partial charge in [-0.15, -0.1) is 11.3 Å². The van der Waals surface area contributed by atoms with E-state index in [0.29, 0.717) is 11.1 Å². The third kappa shape index (κ3) is 2.75. The van der Waals surface area contributed by atoms with Crippen molar-refractivity contribution in [1.82, 2.24) is 5.32 Å². The first-order valence-corrected chi connectivity index (χ1v) is 7.66. The Labute approximate surface area is 125 Å². The molecule has 0 saturated carbocycles. The molecule has 0 saturated heterocycles. The van der Waals surface area contributed by atoms with E-state index in [0.717, 1.165) is 5.56 Å². The molecule has 0 amide bonds. The maximum Gasteiger partial charge on any atom is 0.129 e. The van der Waals surface area contributed by atoms with Crippen molar-refractivity contribution in [3.63, 3.8) is 0 Å². The number of hydrogen-bond acceptors (Lipinski definition) is 2. The maximum absolute atomic E-state index is 13.7. The van der Waals surface area contributed by atoms with Gasteiger partial charge in [0, 0.05) is 0 Å². The van der Waals surface area contributed by atoms with E-state index in [2.05, 4.69) is 39.4 Å². The normalized spacial score (nSPS) is 12.7. The molecule has 1 atom stereocenters. The molecule has 1 nitrogen and oxygen atoms in total. The molecule has 1 aromatic heterocycles. The van der Waals surface area contributed by atoms with E-state index in [-0.39, 0.29) is 11.9 Å². The summed E-state index contributed by atoms with van der Waals surface area (Å²) in [7, 11) is 1.93. The number of hydrogen-bond donors (Lipinski definition) is 1. The summed E-state index contributed by atoms with van der Waals surface area (Å²) in [6, 6.07) is 6.14. The Morgan fingerprint density at radius 2 is 1.78 bits per heavy atom. The number of nitrogens with one attached hydrogen (secondary N) is 1. The molecular weight excluding hydrogens is 360 g/mol. The number of aryl methyl sites for hydroxylation is 2. The van der Waals surface area contributed by atoms with Gasteiger partial charge in [-0.05, 0) is 77.2 Å². The predicted octanol–water partition coefficient (Wildman–Crippen LogP) is 4.42. The molecule has 1 unspecified atom stereocenters. The molecule has 18 heavy (non-hydrogen) atoms. The molecule has 0 bridgehead atoms. The quantitative estimate of drug-likeness (QED) is 0.784. The van der Waals surface area contributed by atoms with E-state index >= 15 is 0 Å². The minimum absolute atomic E-state index is 0.103. The maximum atomic E-state index is 13.7. The number of halogens is 2. The molecule has 0 spiro atoms. The molecule has 4 heteroatoms. The van der Waals surface area contributed by atoms with Crippen molar-refractivity contribution in [3.8, 4) is 0 Å². The van der Waals surface area contributed by atoms with Crippen molar-refractivity contribution in [2.24, 2.45) is 0 Å². The van der Waals surface area contributed by atoms with E-state index < -0.39 is 0 Å². The fourth-order valence-electron chi connectivity index (χ4n) is 2.15. The summed E-state index contributed by atoms with van der Waals surface area (Å²) < 4.78 is 14.9. The smallest absolute Gasteiger partial charge is 0.129 e. The summed E-state index contributed by atoms with van der Waals surface area (Å²) in [6.07, 6.45) is 0. The molecule has 0 aliphatic rings. The van der Waals surface area contributed by atoms with Crippen LogP contribution in [0.1, 0.15) is 28.3 Å². The van der Waals surface area contributed by atoms with Crippen LogP contribution in [0.3, 0.4) is 0 Å². The minimum Gasteiger partial charge on any atom is -0.309 e. The van der Waals surface area contributed by atoms with Crippen LogP contribution in [0.15, 0.2) is 23.6 Å². The fraction of sp³-hybridized carbons (Fsp3) is 0.286. The average Bonchev–Trinajstić information content (AvgIpc) is 2.73. The molecule has 1 N–H and O–H groups in total. The SMILES string of the molecule is CNC(c1csc(I)c1)c1cc(C)c(F)c(C)c1. The molecular formula is C14H15FINS. The average molecular weight is 375 g/mol. The summed E-state index contributed by atoms with van der Waals surface area (Å²) in [5, 5.41) is 5.45. The summed E-state index contributed by atoms with van der Waals surface area (Å²) in [5.74, 6) is -0.103. The van der Waals surface area contributed by atoms with E-state index in [1.165, 1.54) is 8.45 Å². The highest BCUT2D eigenvalue weighted by Crippen LogP contribution is 2.29. The van der Waals surface area contributed by atoms with Crippen LogP contribution in [0, 0.1) is 22.5 Å². The van der Waals surface area contributed by atoms with E-state index in [1.54, 1.807) is 11.3 Å². The van der Waals surface area contributed by atoms with Crippen molar-refractivity contribution in [2.75, 3.05) is 7.05 Å². The Morgan fingerprint density at radius 1 is 1.17 bits per heavy atom. The van der Waals surface area contributed by atoms with Gasteiger partial charge < -0.3 is 5.32 Å². The van der Waals surface area contributed by atoms with Gasteiger partial charge in [0.1, 0.15) is 5.82 Å². The van der Waals surface area contributed by atoms with Crippen LogP contribution < -0.4 is 5.32 Å². The predicted molar refractivity (Wildman–Crippen MR) is 83.8 cm³/mol. The molecule has 2 aromatic rings. The van der Waals surface area contributed by atoms with E-state index in [1.807, 2.05) is 33.0 Å². The van der Waals surface area contributed by atoms with Gasteiger partial charge in [-0.25, -0.2) is 4.39 Å². The van der Waals surface area contributed by atoms with Crippen molar-refractivity contribution < 1.29 is 4.39 Å². The van der Waals surface area contributed by atoms with E-state index in [9.17, 15) is 4.39 Å². The largest absolute Gasteiger partial charge is 0.309 e. The number of rotatable bonds is 3. The highest BCUT2D eigenvalue weighted by atomic mass is 127. The zero-order valence-electron chi connectivity index (χ0n) is 10.6. The van der Waals surface area contributed by atoms with Gasteiger partial charge in [0.15, 0.2) is 0 Å². The second kappa shape index (κ2) is 5.67. The van der Waals surface area contributed by atoms with Crippen LogP contribution in [-0.2, 0) is 0 Å². The lowest BCUT2D eigenvalue weighted by molar-refractivity contribution is 0.604. The first kappa shape index (κ1) is 14.0. The second-order valence-electron chi connectivity index (χ2n) is 4.37. The minimum atomic E-state index is -0.103. The Hall–Kier alpha value is -0.460. The summed E-state index contributed by atoms with van der Waals surface area (Å²) in [4.78, 5) is 0. The molecule has 0 aliphatic heterocycles. The lowest BCUT2D eigenvalue weighted by Gasteiger charge is -2.17. The standard InChI is InChI=1S/C14H15FINS/c1-8-4-10(5-9(2)13(8)15)14(17-3)11-6-12(16)18-7-11/h4-7,14,17H,1-3H3. The van der Waals surface area contributed by atoms with Crippen molar-refractivity contribution >= 4 is 33.9 Å². The van der Waals surface area contributed by atoms with Gasteiger partial charge in [-0.3, -0.25) is 0 Å². The van der Waals surface area contributed by atoms with Crippen molar-refractivity contribution in [1.29, 1.82) is 0 Å². The van der Waals surface area contributed by atoms with Gasteiger partial charge in [-0.1, -0.05) is 12.1 Å². The molecule has 96 valence electrons. The van der Waals surface area contributed by atoms with Crippen LogP contribution in [0.25, 0.3) is 0 Å². The van der Waals surface area contributed by atoms with Crippen LogP contribution in [-0.4, -0.2) is 7.05 Å². The van der Waals surface area contributed by atoms with Crippen LogP contribution >= 0.6 is 33.9 Å². The number of thiophene rings is 1. The van der Waals surface area contributed by atoms with Gasteiger partial charge in [-0.2, -0.15) is 0 Å². The Morgan fingerprint density at radius 3 is 2.22 bits per heavy atom.